The highest BCUT2D eigenvalue weighted by Crippen LogP contribution is 2.18. The Morgan fingerprint density at radius 2 is 1.61 bits per heavy atom. The van der Waals surface area contributed by atoms with Gasteiger partial charge in [-0.25, -0.2) is 0 Å². The van der Waals surface area contributed by atoms with Crippen LogP contribution in [0.5, 0.6) is 0 Å². The predicted octanol–water partition coefficient (Wildman–Crippen LogP) is 3.42. The largest absolute Gasteiger partial charge is 0.352 e. The fourth-order valence-electron chi connectivity index (χ4n) is 2.39. The minimum Gasteiger partial charge on any atom is -0.352 e. The van der Waals surface area contributed by atoms with Crippen LogP contribution in [-0.4, -0.2) is 11.9 Å². The maximum Gasteiger partial charge on any atom is 0.244 e. The van der Waals surface area contributed by atoms with Gasteiger partial charge in [0.05, 0.1) is 0 Å². The van der Waals surface area contributed by atoms with Gasteiger partial charge in [0.2, 0.25) is 5.91 Å². The second-order valence-electron chi connectivity index (χ2n) is 5.97. The van der Waals surface area contributed by atoms with Crippen molar-refractivity contribution < 1.29 is 4.79 Å². The first-order chi connectivity index (χ1) is 10.5. The van der Waals surface area contributed by atoms with E-state index in [-0.39, 0.29) is 24.4 Å². The summed E-state index contributed by atoms with van der Waals surface area (Å²) in [6.07, 6.45) is 1.83. The van der Waals surface area contributed by atoms with Crippen LogP contribution in [0.15, 0.2) is 60.7 Å². The molecule has 0 saturated heterocycles. The van der Waals surface area contributed by atoms with E-state index in [1.54, 1.807) is 6.92 Å². The molecule has 0 aliphatic heterocycles. The van der Waals surface area contributed by atoms with Crippen LogP contribution >= 0.6 is 12.4 Å². The maximum absolute atomic E-state index is 12.5. The molecule has 2 unspecified atom stereocenters. The number of aryl methyl sites for hydroxylation is 1. The van der Waals surface area contributed by atoms with Gasteiger partial charge in [0, 0.05) is 6.04 Å². The Hall–Kier alpha value is -1.84. The Kier molecular flexibility index (Phi) is 7.27. The van der Waals surface area contributed by atoms with E-state index in [1.165, 1.54) is 5.56 Å². The van der Waals surface area contributed by atoms with E-state index >= 15 is 0 Å². The predicted molar refractivity (Wildman–Crippen MR) is 97.6 cm³/mol. The lowest BCUT2D eigenvalue weighted by Crippen LogP contribution is -2.51. The zero-order valence-corrected chi connectivity index (χ0v) is 14.5. The van der Waals surface area contributed by atoms with E-state index in [2.05, 4.69) is 17.4 Å². The quantitative estimate of drug-likeness (QED) is 0.851. The Labute approximate surface area is 144 Å². The second-order valence-corrected chi connectivity index (χ2v) is 5.97. The van der Waals surface area contributed by atoms with Crippen LogP contribution in [0.4, 0.5) is 0 Å². The van der Waals surface area contributed by atoms with Crippen LogP contribution in [0.3, 0.4) is 0 Å². The molecule has 3 N–H and O–H groups in total. The summed E-state index contributed by atoms with van der Waals surface area (Å²) >= 11 is 0. The van der Waals surface area contributed by atoms with Crippen molar-refractivity contribution in [1.29, 1.82) is 0 Å². The molecule has 0 aliphatic rings. The number of nitrogens with two attached hydrogens (primary N) is 1. The van der Waals surface area contributed by atoms with Crippen LogP contribution in [0.1, 0.15) is 31.4 Å². The summed E-state index contributed by atoms with van der Waals surface area (Å²) in [6.45, 7) is 3.77. The molecule has 0 heterocycles. The highest BCUT2D eigenvalue weighted by molar-refractivity contribution is 5.87. The molecular formula is C19H25ClN2O. The SMILES string of the molecule is CC(CCc1ccccc1)NC(=O)C(C)(N)c1ccccc1.Cl. The Bertz CT molecular complexity index is 599. The van der Waals surface area contributed by atoms with Gasteiger partial charge in [-0.05, 0) is 37.8 Å². The summed E-state index contributed by atoms with van der Waals surface area (Å²) in [7, 11) is 0. The van der Waals surface area contributed by atoms with E-state index in [0.29, 0.717) is 0 Å². The first-order valence-electron chi connectivity index (χ1n) is 7.69. The summed E-state index contributed by atoms with van der Waals surface area (Å²) in [4.78, 5) is 12.5. The van der Waals surface area contributed by atoms with Gasteiger partial charge < -0.3 is 11.1 Å². The fraction of sp³-hybridized carbons (Fsp3) is 0.316. The number of halogens is 1. The molecule has 0 bridgehead atoms. The molecule has 4 heteroatoms. The van der Waals surface area contributed by atoms with Gasteiger partial charge >= 0.3 is 0 Å². The van der Waals surface area contributed by atoms with Crippen molar-refractivity contribution in [2.75, 3.05) is 0 Å². The van der Waals surface area contributed by atoms with E-state index in [4.69, 9.17) is 5.73 Å². The molecule has 0 spiro atoms. The molecule has 3 nitrogen and oxygen atoms in total. The fourth-order valence-corrected chi connectivity index (χ4v) is 2.39. The molecule has 0 aliphatic carbocycles. The summed E-state index contributed by atoms with van der Waals surface area (Å²) in [5.41, 5.74) is 7.32. The Balaban J connectivity index is 0.00000264. The molecule has 2 aromatic carbocycles. The van der Waals surface area contributed by atoms with Crippen LogP contribution in [0, 0.1) is 0 Å². The van der Waals surface area contributed by atoms with Crippen LogP contribution in [-0.2, 0) is 16.8 Å². The normalized spacial score (nSPS) is 14.2. The monoisotopic (exact) mass is 332 g/mol. The topological polar surface area (TPSA) is 55.1 Å². The molecule has 0 saturated carbocycles. The molecule has 0 aromatic heterocycles. The van der Waals surface area contributed by atoms with Crippen molar-refractivity contribution in [2.24, 2.45) is 5.73 Å². The van der Waals surface area contributed by atoms with Crippen molar-refractivity contribution in [3.05, 3.63) is 71.8 Å². The van der Waals surface area contributed by atoms with Crippen molar-refractivity contribution in [3.63, 3.8) is 0 Å². The van der Waals surface area contributed by atoms with Crippen LogP contribution in [0.2, 0.25) is 0 Å². The Morgan fingerprint density at radius 1 is 1.09 bits per heavy atom. The number of carbonyl (C=O) groups excluding carboxylic acids is 1. The van der Waals surface area contributed by atoms with Crippen LogP contribution in [0.25, 0.3) is 0 Å². The molecular weight excluding hydrogens is 308 g/mol. The highest BCUT2D eigenvalue weighted by atomic mass is 35.5. The number of benzene rings is 2. The van der Waals surface area contributed by atoms with Gasteiger partial charge in [-0.2, -0.15) is 0 Å². The first kappa shape index (κ1) is 19.2. The third-order valence-corrected chi connectivity index (χ3v) is 3.93. The standard InChI is InChI=1S/C19H24N2O.ClH/c1-15(13-14-16-9-5-3-6-10-16)21-18(22)19(2,20)17-11-7-4-8-12-17;/h3-12,15H,13-14,20H2,1-2H3,(H,21,22);1H. The van der Waals surface area contributed by atoms with E-state index in [0.717, 1.165) is 18.4 Å². The van der Waals surface area contributed by atoms with Gasteiger partial charge in [-0.3, -0.25) is 4.79 Å². The summed E-state index contributed by atoms with van der Waals surface area (Å²) in [5.74, 6) is -0.140. The van der Waals surface area contributed by atoms with Crippen molar-refractivity contribution in [2.45, 2.75) is 38.3 Å². The smallest absolute Gasteiger partial charge is 0.244 e. The average Bonchev–Trinajstić information content (AvgIpc) is 2.54. The van der Waals surface area contributed by atoms with Gasteiger partial charge in [0.15, 0.2) is 0 Å². The summed E-state index contributed by atoms with van der Waals surface area (Å²) in [6, 6.07) is 19.8. The molecule has 0 radical (unpaired) electrons. The lowest BCUT2D eigenvalue weighted by atomic mass is 9.92. The maximum atomic E-state index is 12.5. The van der Waals surface area contributed by atoms with Gasteiger partial charge in [-0.1, -0.05) is 60.7 Å². The van der Waals surface area contributed by atoms with E-state index in [9.17, 15) is 4.79 Å². The van der Waals surface area contributed by atoms with Gasteiger partial charge in [0.25, 0.3) is 0 Å². The van der Waals surface area contributed by atoms with Gasteiger partial charge in [-0.15, -0.1) is 12.4 Å². The third kappa shape index (κ3) is 5.38. The number of rotatable bonds is 6. The molecule has 2 aromatic rings. The number of carbonyl (C=O) groups is 1. The minimum atomic E-state index is -1.01. The molecule has 124 valence electrons. The number of amides is 1. The van der Waals surface area contributed by atoms with Crippen molar-refractivity contribution in [3.8, 4) is 0 Å². The van der Waals surface area contributed by atoms with Crippen molar-refractivity contribution in [1.82, 2.24) is 5.32 Å². The summed E-state index contributed by atoms with van der Waals surface area (Å²) < 4.78 is 0. The molecule has 2 rings (SSSR count). The summed E-state index contributed by atoms with van der Waals surface area (Å²) in [5, 5.41) is 3.02. The second kappa shape index (κ2) is 8.70. The third-order valence-electron chi connectivity index (χ3n) is 3.93. The van der Waals surface area contributed by atoms with Crippen LogP contribution < -0.4 is 11.1 Å². The van der Waals surface area contributed by atoms with Crippen molar-refractivity contribution >= 4 is 18.3 Å². The van der Waals surface area contributed by atoms with E-state index < -0.39 is 5.54 Å². The first-order valence-corrected chi connectivity index (χ1v) is 7.69. The zero-order valence-electron chi connectivity index (χ0n) is 13.7. The highest BCUT2D eigenvalue weighted by Gasteiger charge is 2.30. The number of hydrogen-bond acceptors (Lipinski definition) is 2. The molecule has 2 atom stereocenters. The molecule has 0 fully saturated rings. The van der Waals surface area contributed by atoms with E-state index in [1.807, 2.05) is 55.5 Å². The zero-order chi connectivity index (χ0) is 16.0. The number of nitrogens with one attached hydrogen (secondary N) is 1. The molecule has 23 heavy (non-hydrogen) atoms. The minimum absolute atomic E-state index is 0. The lowest BCUT2D eigenvalue weighted by molar-refractivity contribution is -0.126. The average molecular weight is 333 g/mol. The Morgan fingerprint density at radius 3 is 2.17 bits per heavy atom. The van der Waals surface area contributed by atoms with Gasteiger partial charge in [0.1, 0.15) is 5.54 Å². The number of hydrogen-bond donors (Lipinski definition) is 2. The molecule has 1 amide bonds. The lowest BCUT2D eigenvalue weighted by Gasteiger charge is -2.26.